The minimum Gasteiger partial charge on any atom is -0.436 e. The van der Waals surface area contributed by atoms with Gasteiger partial charge in [0.1, 0.15) is 0 Å². The smallest absolute Gasteiger partial charge is 0.393 e. The SMILES string of the molecule is O=C(OC1CCCCO1)C1C2C=CC(C2)C1C(F)(F)F. The van der Waals surface area contributed by atoms with Crippen molar-refractivity contribution in [1.29, 1.82) is 0 Å². The summed E-state index contributed by atoms with van der Waals surface area (Å²) in [6.45, 7) is 0.497. The van der Waals surface area contributed by atoms with Gasteiger partial charge in [-0.05, 0) is 31.1 Å². The van der Waals surface area contributed by atoms with Crippen molar-refractivity contribution in [2.45, 2.75) is 38.1 Å². The van der Waals surface area contributed by atoms with E-state index in [1.165, 1.54) is 0 Å². The van der Waals surface area contributed by atoms with Gasteiger partial charge in [0.05, 0.1) is 18.4 Å². The third-order valence-electron chi connectivity index (χ3n) is 4.49. The average Bonchev–Trinajstić information content (AvgIpc) is 2.99. The number of esters is 1. The quantitative estimate of drug-likeness (QED) is 0.579. The van der Waals surface area contributed by atoms with Crippen LogP contribution in [-0.2, 0) is 14.3 Å². The molecular weight excluding hydrogens is 273 g/mol. The first kappa shape index (κ1) is 13.9. The molecule has 0 spiro atoms. The van der Waals surface area contributed by atoms with Crippen molar-refractivity contribution in [3.8, 4) is 0 Å². The van der Waals surface area contributed by atoms with Crippen LogP contribution in [0.25, 0.3) is 0 Å². The number of carbonyl (C=O) groups is 1. The molecule has 0 N–H and O–H groups in total. The van der Waals surface area contributed by atoms with Crippen LogP contribution in [0.1, 0.15) is 25.7 Å². The van der Waals surface area contributed by atoms with Crippen molar-refractivity contribution in [2.75, 3.05) is 6.61 Å². The molecule has 3 nitrogen and oxygen atoms in total. The molecule has 112 valence electrons. The summed E-state index contributed by atoms with van der Waals surface area (Å²) in [5.74, 6) is -4.38. The van der Waals surface area contributed by atoms with E-state index in [0.29, 0.717) is 19.4 Å². The Hall–Kier alpha value is -1.04. The molecule has 0 aromatic carbocycles. The van der Waals surface area contributed by atoms with Crippen LogP contribution in [0, 0.1) is 23.7 Å². The van der Waals surface area contributed by atoms with Crippen molar-refractivity contribution in [2.24, 2.45) is 23.7 Å². The van der Waals surface area contributed by atoms with Crippen LogP contribution in [0.4, 0.5) is 13.2 Å². The molecule has 6 heteroatoms. The monoisotopic (exact) mass is 290 g/mol. The standard InChI is InChI=1S/C14H17F3O3/c15-14(16,17)12-9-5-4-8(7-9)11(12)13(18)20-10-3-1-2-6-19-10/h4-5,8-12H,1-3,6-7H2. The van der Waals surface area contributed by atoms with Crippen LogP contribution in [0.5, 0.6) is 0 Å². The minimum atomic E-state index is -4.36. The molecule has 5 unspecified atom stereocenters. The molecule has 2 fully saturated rings. The summed E-state index contributed by atoms with van der Waals surface area (Å²) in [7, 11) is 0. The lowest BCUT2D eigenvalue weighted by molar-refractivity contribution is -0.216. The van der Waals surface area contributed by atoms with Gasteiger partial charge in [0.2, 0.25) is 6.29 Å². The number of ether oxygens (including phenoxy) is 2. The summed E-state index contributed by atoms with van der Waals surface area (Å²) in [6, 6.07) is 0. The second kappa shape index (κ2) is 5.06. The number of carbonyl (C=O) groups excluding carboxylic acids is 1. The molecule has 20 heavy (non-hydrogen) atoms. The highest BCUT2D eigenvalue weighted by Crippen LogP contribution is 2.54. The lowest BCUT2D eigenvalue weighted by Gasteiger charge is -2.30. The molecule has 1 heterocycles. The predicted octanol–water partition coefficient (Wildman–Crippen LogP) is 3.06. The van der Waals surface area contributed by atoms with E-state index in [1.54, 1.807) is 12.2 Å². The highest BCUT2D eigenvalue weighted by molar-refractivity contribution is 5.75. The van der Waals surface area contributed by atoms with Crippen LogP contribution >= 0.6 is 0 Å². The fraction of sp³-hybridized carbons (Fsp3) is 0.786. The number of halogens is 3. The average molecular weight is 290 g/mol. The van der Waals surface area contributed by atoms with Gasteiger partial charge in [-0.2, -0.15) is 13.2 Å². The zero-order valence-corrected chi connectivity index (χ0v) is 10.9. The Morgan fingerprint density at radius 2 is 1.95 bits per heavy atom. The molecular formula is C14H17F3O3. The van der Waals surface area contributed by atoms with Crippen LogP contribution < -0.4 is 0 Å². The third kappa shape index (κ3) is 2.45. The zero-order chi connectivity index (χ0) is 14.3. The second-order valence-electron chi connectivity index (χ2n) is 5.77. The fourth-order valence-corrected chi connectivity index (χ4v) is 3.60. The van der Waals surface area contributed by atoms with Crippen molar-refractivity contribution < 1.29 is 27.4 Å². The zero-order valence-electron chi connectivity index (χ0n) is 10.9. The summed E-state index contributed by atoms with van der Waals surface area (Å²) >= 11 is 0. The van der Waals surface area contributed by atoms with E-state index >= 15 is 0 Å². The van der Waals surface area contributed by atoms with Crippen molar-refractivity contribution in [1.82, 2.24) is 0 Å². The molecule has 2 bridgehead atoms. The number of allylic oxidation sites excluding steroid dienone is 2. The molecule has 0 radical (unpaired) electrons. The number of alkyl halides is 3. The lowest BCUT2D eigenvalue weighted by Crippen LogP contribution is -2.40. The van der Waals surface area contributed by atoms with E-state index < -0.39 is 36.2 Å². The van der Waals surface area contributed by atoms with Crippen molar-refractivity contribution >= 4 is 5.97 Å². The molecule has 5 atom stereocenters. The maximum Gasteiger partial charge on any atom is 0.393 e. The van der Waals surface area contributed by atoms with Gasteiger partial charge >= 0.3 is 12.1 Å². The van der Waals surface area contributed by atoms with Crippen LogP contribution in [0.2, 0.25) is 0 Å². The third-order valence-corrected chi connectivity index (χ3v) is 4.49. The minimum absolute atomic E-state index is 0.345. The second-order valence-corrected chi connectivity index (χ2v) is 5.77. The number of rotatable bonds is 2. The van der Waals surface area contributed by atoms with Crippen molar-refractivity contribution in [3.63, 3.8) is 0 Å². The van der Waals surface area contributed by atoms with Gasteiger partial charge in [-0.3, -0.25) is 4.79 Å². The molecule has 0 aromatic rings. The van der Waals surface area contributed by atoms with Crippen LogP contribution in [0.3, 0.4) is 0 Å². The molecule has 1 saturated heterocycles. The normalized spacial score (nSPS) is 40.0. The number of hydrogen-bond acceptors (Lipinski definition) is 3. The Morgan fingerprint density at radius 3 is 2.60 bits per heavy atom. The summed E-state index contributed by atoms with van der Waals surface area (Å²) < 4.78 is 49.8. The predicted molar refractivity (Wildman–Crippen MR) is 63.5 cm³/mol. The first-order valence-corrected chi connectivity index (χ1v) is 7.04. The van der Waals surface area contributed by atoms with E-state index in [-0.39, 0.29) is 5.92 Å². The highest BCUT2D eigenvalue weighted by atomic mass is 19.4. The lowest BCUT2D eigenvalue weighted by atomic mass is 9.82. The van der Waals surface area contributed by atoms with Crippen LogP contribution in [-0.4, -0.2) is 25.0 Å². The maximum absolute atomic E-state index is 13.1. The summed E-state index contributed by atoms with van der Waals surface area (Å²) in [6.07, 6.45) is 1.02. The molecule has 0 amide bonds. The Morgan fingerprint density at radius 1 is 1.20 bits per heavy atom. The van der Waals surface area contributed by atoms with Gasteiger partial charge in [0.25, 0.3) is 0 Å². The molecule has 2 aliphatic carbocycles. The first-order chi connectivity index (χ1) is 9.47. The highest BCUT2D eigenvalue weighted by Gasteiger charge is 2.60. The van der Waals surface area contributed by atoms with E-state index in [4.69, 9.17) is 9.47 Å². The molecule has 1 saturated carbocycles. The topological polar surface area (TPSA) is 35.5 Å². The number of hydrogen-bond donors (Lipinski definition) is 0. The van der Waals surface area contributed by atoms with Crippen LogP contribution in [0.15, 0.2) is 12.2 Å². The van der Waals surface area contributed by atoms with Gasteiger partial charge in [0, 0.05) is 6.42 Å². The van der Waals surface area contributed by atoms with E-state index in [2.05, 4.69) is 0 Å². The van der Waals surface area contributed by atoms with Gasteiger partial charge in [-0.15, -0.1) is 0 Å². The van der Waals surface area contributed by atoms with E-state index in [9.17, 15) is 18.0 Å². The fourth-order valence-electron chi connectivity index (χ4n) is 3.60. The number of fused-ring (bicyclic) bond motifs is 2. The molecule has 3 rings (SSSR count). The summed E-state index contributed by atoms with van der Waals surface area (Å²) in [5.41, 5.74) is 0. The van der Waals surface area contributed by atoms with Gasteiger partial charge in [-0.1, -0.05) is 12.2 Å². The molecule has 0 aromatic heterocycles. The summed E-state index contributed by atoms with van der Waals surface area (Å²) in [4.78, 5) is 12.1. The summed E-state index contributed by atoms with van der Waals surface area (Å²) in [5, 5.41) is 0. The van der Waals surface area contributed by atoms with Crippen molar-refractivity contribution in [3.05, 3.63) is 12.2 Å². The van der Waals surface area contributed by atoms with E-state index in [0.717, 1.165) is 12.8 Å². The molecule has 1 aliphatic heterocycles. The Balaban J connectivity index is 1.71. The Kier molecular flexibility index (Phi) is 3.52. The Labute approximate surface area is 115 Å². The van der Waals surface area contributed by atoms with E-state index in [1.807, 2.05) is 0 Å². The van der Waals surface area contributed by atoms with Gasteiger partial charge < -0.3 is 9.47 Å². The van der Waals surface area contributed by atoms with Gasteiger partial charge in [-0.25, -0.2) is 0 Å². The first-order valence-electron chi connectivity index (χ1n) is 7.04. The largest absolute Gasteiger partial charge is 0.436 e. The molecule has 3 aliphatic rings. The Bertz CT molecular complexity index is 412. The van der Waals surface area contributed by atoms with Gasteiger partial charge in [0.15, 0.2) is 0 Å². The maximum atomic E-state index is 13.1.